The van der Waals surface area contributed by atoms with Crippen molar-refractivity contribution in [2.75, 3.05) is 0 Å². The van der Waals surface area contributed by atoms with Crippen LogP contribution in [0.3, 0.4) is 0 Å². The van der Waals surface area contributed by atoms with Crippen LogP contribution in [0.15, 0.2) is 86.8 Å². The molecule has 5 rings (SSSR count). The summed E-state index contributed by atoms with van der Waals surface area (Å²) in [4.78, 5) is 36.3. The smallest absolute Gasteiger partial charge is 0.331 e. The predicted molar refractivity (Wildman–Crippen MR) is 120 cm³/mol. The third kappa shape index (κ3) is 4.34. The standard InChI is InChI=1S/C24H21FN4O4/c25-20-15-28(13-18-11-21(26-32-18)16-7-3-1-4-8-16)24(31)29(23(20)30)14-19-12-22(27-33-19)17-9-5-2-6-10-17/h1-10,15,18-19H,11-14H2/t18-,19+/m0/s1. The normalized spacial score (nSPS) is 19.5. The molecule has 2 aliphatic heterocycles. The second-order valence-corrected chi connectivity index (χ2v) is 8.00. The minimum absolute atomic E-state index is 0.0627. The van der Waals surface area contributed by atoms with Gasteiger partial charge in [-0.25, -0.2) is 4.79 Å². The highest BCUT2D eigenvalue weighted by Gasteiger charge is 2.27. The second-order valence-electron chi connectivity index (χ2n) is 8.00. The van der Waals surface area contributed by atoms with Crippen LogP contribution in [0.4, 0.5) is 4.39 Å². The first kappa shape index (κ1) is 20.9. The van der Waals surface area contributed by atoms with E-state index in [9.17, 15) is 14.0 Å². The number of rotatable bonds is 6. The summed E-state index contributed by atoms with van der Waals surface area (Å²) in [5.74, 6) is -1.01. The van der Waals surface area contributed by atoms with E-state index < -0.39 is 29.3 Å². The van der Waals surface area contributed by atoms with Crippen LogP contribution in [0.1, 0.15) is 24.0 Å². The molecule has 3 heterocycles. The first-order valence-electron chi connectivity index (χ1n) is 10.6. The van der Waals surface area contributed by atoms with Crippen LogP contribution in [0.25, 0.3) is 0 Å². The highest BCUT2D eigenvalue weighted by molar-refractivity contribution is 6.01. The fourth-order valence-corrected chi connectivity index (χ4v) is 3.99. The molecule has 2 aliphatic rings. The van der Waals surface area contributed by atoms with Gasteiger partial charge >= 0.3 is 5.69 Å². The third-order valence-electron chi connectivity index (χ3n) is 5.66. The zero-order chi connectivity index (χ0) is 22.8. The summed E-state index contributed by atoms with van der Waals surface area (Å²) in [5.41, 5.74) is 1.69. The van der Waals surface area contributed by atoms with Crippen LogP contribution < -0.4 is 11.2 Å². The zero-order valence-electron chi connectivity index (χ0n) is 17.6. The van der Waals surface area contributed by atoms with Gasteiger partial charge in [0.1, 0.15) is 0 Å². The fourth-order valence-electron chi connectivity index (χ4n) is 3.99. The molecule has 0 radical (unpaired) electrons. The SMILES string of the molecule is O=c1c(F)cn(C[C@@H]2CC(c3ccccc3)=NO2)c(=O)n1C[C@H]1CC(c2ccccc2)=NO1. The van der Waals surface area contributed by atoms with Crippen LogP contribution in [0, 0.1) is 5.82 Å². The molecule has 8 nitrogen and oxygen atoms in total. The molecule has 0 N–H and O–H groups in total. The van der Waals surface area contributed by atoms with Crippen molar-refractivity contribution in [3.05, 3.63) is 105 Å². The van der Waals surface area contributed by atoms with E-state index in [1.54, 1.807) is 0 Å². The molecule has 0 aliphatic carbocycles. The molecule has 0 spiro atoms. The molecule has 168 valence electrons. The number of hydrogen-bond acceptors (Lipinski definition) is 6. The Hall–Kier alpha value is -4.01. The van der Waals surface area contributed by atoms with Crippen LogP contribution in [-0.4, -0.2) is 32.8 Å². The van der Waals surface area contributed by atoms with Crippen molar-refractivity contribution in [3.63, 3.8) is 0 Å². The van der Waals surface area contributed by atoms with E-state index in [0.717, 1.165) is 37.9 Å². The zero-order valence-corrected chi connectivity index (χ0v) is 17.6. The Kier molecular flexibility index (Phi) is 5.60. The van der Waals surface area contributed by atoms with Crippen molar-refractivity contribution in [2.24, 2.45) is 10.3 Å². The van der Waals surface area contributed by atoms with Gasteiger partial charge in [-0.1, -0.05) is 71.0 Å². The molecule has 2 atom stereocenters. The maximum atomic E-state index is 14.4. The molecule has 0 amide bonds. The van der Waals surface area contributed by atoms with Gasteiger partial charge in [0.15, 0.2) is 12.2 Å². The van der Waals surface area contributed by atoms with Gasteiger partial charge < -0.3 is 9.68 Å². The Bertz CT molecular complexity index is 1330. The van der Waals surface area contributed by atoms with E-state index in [1.165, 1.54) is 0 Å². The fraction of sp³-hybridized carbons (Fsp3) is 0.250. The Morgan fingerprint density at radius 3 is 1.88 bits per heavy atom. The topological polar surface area (TPSA) is 87.2 Å². The molecule has 3 aromatic rings. The van der Waals surface area contributed by atoms with Gasteiger partial charge in [-0.05, 0) is 11.1 Å². The van der Waals surface area contributed by atoms with E-state index >= 15 is 0 Å². The van der Waals surface area contributed by atoms with Gasteiger partial charge in [-0.2, -0.15) is 4.39 Å². The number of hydrogen-bond donors (Lipinski definition) is 0. The highest BCUT2D eigenvalue weighted by Crippen LogP contribution is 2.19. The molecular formula is C24H21FN4O4. The maximum Gasteiger partial charge on any atom is 0.331 e. The summed E-state index contributed by atoms with van der Waals surface area (Å²) in [6.07, 6.45) is 0.811. The lowest BCUT2D eigenvalue weighted by atomic mass is 10.1. The molecule has 33 heavy (non-hydrogen) atoms. The van der Waals surface area contributed by atoms with Gasteiger partial charge in [0.25, 0.3) is 5.56 Å². The summed E-state index contributed by atoms with van der Waals surface area (Å²) >= 11 is 0. The first-order chi connectivity index (χ1) is 16.1. The number of nitrogens with zero attached hydrogens (tertiary/aromatic N) is 4. The minimum Gasteiger partial charge on any atom is -0.390 e. The van der Waals surface area contributed by atoms with Gasteiger partial charge in [0.2, 0.25) is 5.82 Å². The van der Waals surface area contributed by atoms with E-state index in [-0.39, 0.29) is 13.1 Å². The summed E-state index contributed by atoms with van der Waals surface area (Å²) < 4.78 is 16.4. The van der Waals surface area contributed by atoms with E-state index in [4.69, 9.17) is 9.68 Å². The average Bonchev–Trinajstić information content (AvgIpc) is 3.51. The highest BCUT2D eigenvalue weighted by atomic mass is 19.1. The summed E-state index contributed by atoms with van der Waals surface area (Å²) in [7, 11) is 0. The van der Waals surface area contributed by atoms with Gasteiger partial charge in [-0.3, -0.25) is 13.9 Å². The molecule has 0 saturated heterocycles. The maximum absolute atomic E-state index is 14.4. The Morgan fingerprint density at radius 2 is 1.33 bits per heavy atom. The average molecular weight is 448 g/mol. The largest absolute Gasteiger partial charge is 0.390 e. The van der Waals surface area contributed by atoms with Gasteiger partial charge in [0, 0.05) is 12.8 Å². The lowest BCUT2D eigenvalue weighted by molar-refractivity contribution is 0.0648. The predicted octanol–water partition coefficient (Wildman–Crippen LogP) is 2.54. The quantitative estimate of drug-likeness (QED) is 0.580. The molecule has 0 unspecified atom stereocenters. The molecule has 9 heteroatoms. The Morgan fingerprint density at radius 1 is 0.818 bits per heavy atom. The molecule has 0 saturated carbocycles. The van der Waals surface area contributed by atoms with Crippen molar-refractivity contribution < 1.29 is 14.1 Å². The molecule has 1 aromatic heterocycles. The molecule has 0 fully saturated rings. The van der Waals surface area contributed by atoms with E-state index in [1.807, 2.05) is 60.7 Å². The van der Waals surface area contributed by atoms with Crippen LogP contribution in [-0.2, 0) is 22.8 Å². The van der Waals surface area contributed by atoms with Gasteiger partial charge in [-0.15, -0.1) is 0 Å². The van der Waals surface area contributed by atoms with Crippen molar-refractivity contribution >= 4 is 11.4 Å². The lowest BCUT2D eigenvalue weighted by Gasteiger charge is -2.15. The number of halogens is 1. The molecule has 2 aromatic carbocycles. The first-order valence-corrected chi connectivity index (χ1v) is 10.6. The third-order valence-corrected chi connectivity index (χ3v) is 5.66. The van der Waals surface area contributed by atoms with Crippen LogP contribution >= 0.6 is 0 Å². The molecular weight excluding hydrogens is 427 g/mol. The number of oxime groups is 2. The van der Waals surface area contributed by atoms with Crippen LogP contribution in [0.2, 0.25) is 0 Å². The Balaban J connectivity index is 1.30. The number of aromatic nitrogens is 2. The Labute approximate surface area is 188 Å². The second kappa shape index (κ2) is 8.85. The minimum atomic E-state index is -1.01. The van der Waals surface area contributed by atoms with Crippen molar-refractivity contribution in [2.45, 2.75) is 38.1 Å². The molecule has 0 bridgehead atoms. The van der Waals surface area contributed by atoms with Gasteiger partial charge in [0.05, 0.1) is 30.7 Å². The van der Waals surface area contributed by atoms with Crippen molar-refractivity contribution in [1.29, 1.82) is 0 Å². The lowest BCUT2D eigenvalue weighted by Crippen LogP contribution is -2.44. The van der Waals surface area contributed by atoms with Crippen molar-refractivity contribution in [3.8, 4) is 0 Å². The number of benzene rings is 2. The van der Waals surface area contributed by atoms with Crippen molar-refractivity contribution in [1.82, 2.24) is 9.13 Å². The summed E-state index contributed by atoms with van der Waals surface area (Å²) in [6, 6.07) is 19.0. The van der Waals surface area contributed by atoms with E-state index in [2.05, 4.69) is 10.3 Å². The van der Waals surface area contributed by atoms with E-state index in [0.29, 0.717) is 12.8 Å². The monoisotopic (exact) mass is 448 g/mol. The van der Waals surface area contributed by atoms with Crippen LogP contribution in [0.5, 0.6) is 0 Å². The summed E-state index contributed by atoms with van der Waals surface area (Å²) in [5, 5.41) is 8.17. The summed E-state index contributed by atoms with van der Waals surface area (Å²) in [6.45, 7) is -0.0420.